The van der Waals surface area contributed by atoms with Crippen LogP contribution in [0.25, 0.3) is 11.1 Å². The van der Waals surface area contributed by atoms with Gasteiger partial charge in [0.05, 0.1) is 18.9 Å². The maximum atomic E-state index is 12.7. The Hall–Kier alpha value is -3.95. The van der Waals surface area contributed by atoms with Crippen LogP contribution in [0.5, 0.6) is 0 Å². The summed E-state index contributed by atoms with van der Waals surface area (Å²) in [7, 11) is 0. The molecule has 0 bridgehead atoms. The number of carbonyl (C=O) groups excluding carboxylic acids is 2. The van der Waals surface area contributed by atoms with Gasteiger partial charge >= 0.3 is 11.9 Å². The number of carbonyl (C=O) groups is 3. The molecule has 1 unspecified atom stereocenters. The molecule has 1 fully saturated rings. The van der Waals surface area contributed by atoms with E-state index in [1.807, 2.05) is 54.6 Å². The van der Waals surface area contributed by atoms with E-state index in [0.29, 0.717) is 19.3 Å². The van der Waals surface area contributed by atoms with Crippen molar-refractivity contribution in [2.45, 2.75) is 51.5 Å². The summed E-state index contributed by atoms with van der Waals surface area (Å²) in [6.07, 6.45) is 1.67. The molecule has 0 spiro atoms. The van der Waals surface area contributed by atoms with E-state index < -0.39 is 40.3 Å². The van der Waals surface area contributed by atoms with Crippen LogP contribution in [-0.2, 0) is 30.4 Å². The van der Waals surface area contributed by atoms with Gasteiger partial charge in [-0.1, -0.05) is 61.5 Å². The SMILES string of the molecule is CC(C[C@@H](Cc1ccc(-c2ccccc2)cc1)NC(=O)CCC(=O)O)C(=O)OCC1(CO[N+](=O)[O-])CC1. The highest BCUT2D eigenvalue weighted by atomic mass is 16.9. The second-order valence-electron chi connectivity index (χ2n) is 9.67. The van der Waals surface area contributed by atoms with Crippen LogP contribution < -0.4 is 5.32 Å². The van der Waals surface area contributed by atoms with Crippen LogP contribution in [0.2, 0.25) is 0 Å². The van der Waals surface area contributed by atoms with Gasteiger partial charge in [0.2, 0.25) is 5.91 Å². The average Bonchev–Trinajstić information content (AvgIpc) is 3.66. The minimum Gasteiger partial charge on any atom is -0.481 e. The van der Waals surface area contributed by atoms with Crippen LogP contribution in [0, 0.1) is 21.4 Å². The normalized spacial score (nSPS) is 15.2. The van der Waals surface area contributed by atoms with Gasteiger partial charge in [0.25, 0.3) is 5.09 Å². The molecule has 2 aromatic carbocycles. The summed E-state index contributed by atoms with van der Waals surface area (Å²) in [5.41, 5.74) is 2.59. The van der Waals surface area contributed by atoms with E-state index in [-0.39, 0.29) is 32.5 Å². The molecule has 1 amide bonds. The predicted molar refractivity (Wildman–Crippen MR) is 134 cm³/mol. The molecule has 0 saturated heterocycles. The molecule has 0 aromatic heterocycles. The van der Waals surface area contributed by atoms with E-state index in [4.69, 9.17) is 9.84 Å². The van der Waals surface area contributed by atoms with E-state index in [0.717, 1.165) is 16.7 Å². The van der Waals surface area contributed by atoms with Gasteiger partial charge in [-0.05, 0) is 42.4 Å². The highest BCUT2D eigenvalue weighted by Gasteiger charge is 2.45. The van der Waals surface area contributed by atoms with E-state index in [1.54, 1.807) is 6.92 Å². The number of carboxylic acids is 1. The number of rotatable bonds is 15. The number of amides is 1. The van der Waals surface area contributed by atoms with Gasteiger partial charge in [-0.25, -0.2) is 0 Å². The zero-order valence-corrected chi connectivity index (χ0v) is 20.8. The first-order valence-electron chi connectivity index (χ1n) is 12.3. The quantitative estimate of drug-likeness (QED) is 0.208. The Kier molecular flexibility index (Phi) is 9.59. The van der Waals surface area contributed by atoms with Crippen LogP contribution in [0.1, 0.15) is 44.6 Å². The molecule has 1 aliphatic rings. The molecule has 3 rings (SSSR count). The summed E-state index contributed by atoms with van der Waals surface area (Å²) < 4.78 is 5.43. The largest absolute Gasteiger partial charge is 0.481 e. The fraction of sp³-hybridized carbons (Fsp3) is 0.444. The van der Waals surface area contributed by atoms with Crippen molar-refractivity contribution < 1.29 is 34.2 Å². The van der Waals surface area contributed by atoms with Crippen molar-refractivity contribution in [2.24, 2.45) is 11.3 Å². The number of nitrogens with one attached hydrogen (secondary N) is 1. The number of carboxylic acid groups (broad SMARTS) is 1. The molecule has 0 aliphatic heterocycles. The summed E-state index contributed by atoms with van der Waals surface area (Å²) in [6, 6.07) is 17.4. The second-order valence-corrected chi connectivity index (χ2v) is 9.67. The fourth-order valence-corrected chi connectivity index (χ4v) is 4.05. The first-order chi connectivity index (χ1) is 17.7. The van der Waals surface area contributed by atoms with Crippen LogP contribution in [0.4, 0.5) is 0 Å². The Bertz CT molecular complexity index is 1080. The number of esters is 1. The maximum absolute atomic E-state index is 12.7. The van der Waals surface area contributed by atoms with Crippen LogP contribution >= 0.6 is 0 Å². The molecule has 2 atom stereocenters. The van der Waals surface area contributed by atoms with Crippen molar-refractivity contribution in [3.05, 3.63) is 70.3 Å². The molecule has 10 heteroatoms. The molecule has 198 valence electrons. The maximum Gasteiger partial charge on any atom is 0.308 e. The van der Waals surface area contributed by atoms with Crippen LogP contribution in [0.3, 0.4) is 0 Å². The Morgan fingerprint density at radius 1 is 1.03 bits per heavy atom. The highest BCUT2D eigenvalue weighted by Crippen LogP contribution is 2.46. The molecular formula is C27H32N2O8. The lowest BCUT2D eigenvalue weighted by Gasteiger charge is -2.23. The molecule has 2 N–H and O–H groups in total. The fourth-order valence-electron chi connectivity index (χ4n) is 4.05. The zero-order chi connectivity index (χ0) is 26.8. The number of ether oxygens (including phenoxy) is 1. The van der Waals surface area contributed by atoms with Gasteiger partial charge in [-0.3, -0.25) is 14.4 Å². The molecule has 0 heterocycles. The van der Waals surface area contributed by atoms with Crippen molar-refractivity contribution in [2.75, 3.05) is 13.2 Å². The van der Waals surface area contributed by atoms with Crippen molar-refractivity contribution in [1.29, 1.82) is 0 Å². The minimum atomic E-state index is -1.06. The molecule has 10 nitrogen and oxygen atoms in total. The lowest BCUT2D eigenvalue weighted by molar-refractivity contribution is -0.760. The average molecular weight is 513 g/mol. The van der Waals surface area contributed by atoms with Crippen LogP contribution in [0.15, 0.2) is 54.6 Å². The number of hydrogen-bond acceptors (Lipinski definition) is 7. The lowest BCUT2D eigenvalue weighted by Crippen LogP contribution is -2.39. The summed E-state index contributed by atoms with van der Waals surface area (Å²) in [5, 5.41) is 21.4. The minimum absolute atomic E-state index is 0.0423. The third kappa shape index (κ3) is 9.21. The standard InChI is InChI=1S/C27H32N2O8/c1-19(26(33)36-17-27(13-14-27)18-37-29(34)35)15-23(28-24(30)11-12-25(31)32)16-20-7-9-22(10-8-20)21-5-3-2-4-6-21/h2-10,19,23H,11-18H2,1H3,(H,28,30)(H,31,32)/t19?,23-/m0/s1. The highest BCUT2D eigenvalue weighted by molar-refractivity contribution is 5.81. The number of benzene rings is 2. The van der Waals surface area contributed by atoms with E-state index >= 15 is 0 Å². The van der Waals surface area contributed by atoms with E-state index in [2.05, 4.69) is 10.2 Å². The van der Waals surface area contributed by atoms with Gasteiger partial charge < -0.3 is 20.0 Å². The predicted octanol–water partition coefficient (Wildman–Crippen LogP) is 3.80. The van der Waals surface area contributed by atoms with Gasteiger partial charge in [0.15, 0.2) is 0 Å². The Labute approximate surface area is 215 Å². The number of nitrogens with zero attached hydrogens (tertiary/aromatic N) is 1. The summed E-state index contributed by atoms with van der Waals surface area (Å²) in [5.74, 6) is -2.48. The van der Waals surface area contributed by atoms with Crippen molar-refractivity contribution >= 4 is 17.8 Å². The first-order valence-corrected chi connectivity index (χ1v) is 12.3. The Morgan fingerprint density at radius 3 is 2.27 bits per heavy atom. The zero-order valence-electron chi connectivity index (χ0n) is 20.8. The molecular weight excluding hydrogens is 480 g/mol. The molecule has 0 radical (unpaired) electrons. The van der Waals surface area contributed by atoms with Gasteiger partial charge in [-0.2, -0.15) is 0 Å². The summed E-state index contributed by atoms with van der Waals surface area (Å²) >= 11 is 0. The van der Waals surface area contributed by atoms with Crippen molar-refractivity contribution in [3.63, 3.8) is 0 Å². The third-order valence-corrected chi connectivity index (χ3v) is 6.47. The monoisotopic (exact) mass is 512 g/mol. The van der Waals surface area contributed by atoms with Gasteiger partial charge in [0, 0.05) is 17.9 Å². The van der Waals surface area contributed by atoms with E-state index in [1.165, 1.54) is 0 Å². The lowest BCUT2D eigenvalue weighted by atomic mass is 9.94. The second kappa shape index (κ2) is 12.8. The van der Waals surface area contributed by atoms with Gasteiger partial charge in [-0.15, -0.1) is 10.1 Å². The number of aliphatic carboxylic acids is 1. The van der Waals surface area contributed by atoms with Gasteiger partial charge in [0.1, 0.15) is 6.61 Å². The molecule has 1 aliphatic carbocycles. The summed E-state index contributed by atoms with van der Waals surface area (Å²) in [4.78, 5) is 50.8. The smallest absolute Gasteiger partial charge is 0.308 e. The molecule has 2 aromatic rings. The first kappa shape index (κ1) is 27.6. The third-order valence-electron chi connectivity index (χ3n) is 6.47. The Morgan fingerprint density at radius 2 is 1.68 bits per heavy atom. The molecule has 37 heavy (non-hydrogen) atoms. The van der Waals surface area contributed by atoms with Crippen molar-refractivity contribution in [3.8, 4) is 11.1 Å². The molecule has 1 saturated carbocycles. The topological polar surface area (TPSA) is 145 Å². The summed E-state index contributed by atoms with van der Waals surface area (Å²) in [6.45, 7) is 1.63. The Balaban J connectivity index is 1.60. The van der Waals surface area contributed by atoms with Crippen molar-refractivity contribution in [1.82, 2.24) is 5.32 Å². The van der Waals surface area contributed by atoms with E-state index in [9.17, 15) is 24.5 Å². The number of hydrogen-bond donors (Lipinski definition) is 2. The van der Waals surface area contributed by atoms with Crippen LogP contribution in [-0.4, -0.2) is 47.3 Å².